The van der Waals surface area contributed by atoms with Crippen molar-refractivity contribution in [1.82, 2.24) is 0 Å². The van der Waals surface area contributed by atoms with Gasteiger partial charge in [-0.05, 0) is 38.5 Å². The largest absolute Gasteiger partial charge is 0.397 e. The summed E-state index contributed by atoms with van der Waals surface area (Å²) in [5.74, 6) is -0.223. The van der Waals surface area contributed by atoms with E-state index < -0.39 is 0 Å². The fraction of sp³-hybridized carbons (Fsp3) is 0.500. The van der Waals surface area contributed by atoms with Crippen molar-refractivity contribution in [3.63, 3.8) is 0 Å². The van der Waals surface area contributed by atoms with Crippen LogP contribution in [-0.2, 0) is 14.3 Å². The van der Waals surface area contributed by atoms with Gasteiger partial charge < -0.3 is 20.5 Å². The fourth-order valence-corrected chi connectivity index (χ4v) is 1.53. The Labute approximate surface area is 114 Å². The summed E-state index contributed by atoms with van der Waals surface area (Å²) in [5, 5.41) is 2.72. The second kappa shape index (κ2) is 7.76. The Hall–Kier alpha value is -1.59. The van der Waals surface area contributed by atoms with Gasteiger partial charge in [0.2, 0.25) is 5.91 Å². The maximum absolute atomic E-state index is 11.7. The zero-order valence-corrected chi connectivity index (χ0v) is 11.7. The first-order valence-corrected chi connectivity index (χ1v) is 6.38. The van der Waals surface area contributed by atoms with Crippen LogP contribution >= 0.6 is 0 Å². The number of aryl methyl sites for hydroxylation is 1. The number of ether oxygens (including phenoxy) is 2. The van der Waals surface area contributed by atoms with Crippen LogP contribution in [0.4, 0.5) is 11.4 Å². The minimum Gasteiger partial charge on any atom is -0.397 e. The third-order valence-electron chi connectivity index (χ3n) is 2.54. The lowest BCUT2D eigenvalue weighted by Gasteiger charge is -2.13. The zero-order chi connectivity index (χ0) is 14.3. The number of nitrogen functional groups attached to an aromatic ring is 1. The lowest BCUT2D eigenvalue weighted by Crippen LogP contribution is -2.24. The number of rotatable bonds is 7. The molecule has 1 unspecified atom stereocenters. The molecule has 1 rings (SSSR count). The Kier molecular flexibility index (Phi) is 6.32. The second-order valence-corrected chi connectivity index (χ2v) is 4.42. The molecular formula is C14H22N2O3. The van der Waals surface area contributed by atoms with Crippen molar-refractivity contribution >= 4 is 17.3 Å². The molecule has 0 aliphatic carbocycles. The molecule has 1 atom stereocenters. The van der Waals surface area contributed by atoms with E-state index in [2.05, 4.69) is 5.32 Å². The van der Waals surface area contributed by atoms with E-state index in [1.807, 2.05) is 32.9 Å². The Morgan fingerprint density at radius 2 is 2.21 bits per heavy atom. The van der Waals surface area contributed by atoms with Gasteiger partial charge in [0.05, 0.1) is 24.1 Å². The highest BCUT2D eigenvalue weighted by Gasteiger charge is 2.08. The lowest BCUT2D eigenvalue weighted by molar-refractivity contribution is -0.123. The topological polar surface area (TPSA) is 73.6 Å². The molecule has 0 bridgehead atoms. The highest BCUT2D eigenvalue weighted by Crippen LogP contribution is 2.19. The van der Waals surface area contributed by atoms with Gasteiger partial charge >= 0.3 is 0 Å². The first kappa shape index (κ1) is 15.5. The molecule has 0 saturated carbocycles. The third-order valence-corrected chi connectivity index (χ3v) is 2.54. The smallest absolute Gasteiger partial charge is 0.250 e. The van der Waals surface area contributed by atoms with Crippen LogP contribution in [0.25, 0.3) is 0 Å². The van der Waals surface area contributed by atoms with Gasteiger partial charge in [0.25, 0.3) is 0 Å². The number of nitrogens with one attached hydrogen (secondary N) is 1. The predicted molar refractivity (Wildman–Crippen MR) is 76.1 cm³/mol. The zero-order valence-electron chi connectivity index (χ0n) is 11.7. The summed E-state index contributed by atoms with van der Waals surface area (Å²) in [5.41, 5.74) is 8.03. The van der Waals surface area contributed by atoms with E-state index in [1.165, 1.54) is 0 Å². The first-order valence-electron chi connectivity index (χ1n) is 6.38. The summed E-state index contributed by atoms with van der Waals surface area (Å²) < 4.78 is 10.6. The summed E-state index contributed by atoms with van der Waals surface area (Å²) in [4.78, 5) is 11.7. The highest BCUT2D eigenvalue weighted by molar-refractivity contribution is 5.94. The molecule has 0 saturated heterocycles. The number of nitrogens with two attached hydrogens (primary N) is 1. The van der Waals surface area contributed by atoms with Crippen molar-refractivity contribution in [3.8, 4) is 0 Å². The number of amides is 1. The van der Waals surface area contributed by atoms with Crippen LogP contribution in [0.5, 0.6) is 0 Å². The van der Waals surface area contributed by atoms with Crippen LogP contribution < -0.4 is 11.1 Å². The average Bonchev–Trinajstić information content (AvgIpc) is 2.37. The third kappa shape index (κ3) is 5.72. The van der Waals surface area contributed by atoms with E-state index in [-0.39, 0.29) is 18.6 Å². The van der Waals surface area contributed by atoms with Crippen molar-refractivity contribution in [1.29, 1.82) is 0 Å². The molecule has 0 heterocycles. The Balaban J connectivity index is 2.38. The first-order chi connectivity index (χ1) is 9.02. The van der Waals surface area contributed by atoms with Gasteiger partial charge in [-0.3, -0.25) is 4.79 Å². The summed E-state index contributed by atoms with van der Waals surface area (Å²) in [6.07, 6.45) is -0.110. The summed E-state index contributed by atoms with van der Waals surface area (Å²) >= 11 is 0. The molecule has 1 amide bonds. The lowest BCUT2D eigenvalue weighted by atomic mass is 10.2. The minimum atomic E-state index is -0.223. The molecule has 5 nitrogen and oxygen atoms in total. The van der Waals surface area contributed by atoms with E-state index in [4.69, 9.17) is 15.2 Å². The predicted octanol–water partition coefficient (Wildman–Crippen LogP) is 1.96. The molecule has 3 N–H and O–H groups in total. The maximum Gasteiger partial charge on any atom is 0.250 e. The highest BCUT2D eigenvalue weighted by atomic mass is 16.5. The van der Waals surface area contributed by atoms with Crippen LogP contribution in [0.1, 0.15) is 19.4 Å². The number of hydrogen-bond acceptors (Lipinski definition) is 4. The number of benzene rings is 1. The number of carbonyl (C=O) groups excluding carboxylic acids is 1. The average molecular weight is 266 g/mol. The van der Waals surface area contributed by atoms with Gasteiger partial charge in [-0.25, -0.2) is 0 Å². The maximum atomic E-state index is 11.7. The van der Waals surface area contributed by atoms with Gasteiger partial charge in [-0.1, -0.05) is 6.07 Å². The Morgan fingerprint density at radius 1 is 1.47 bits per heavy atom. The molecule has 0 fully saturated rings. The Morgan fingerprint density at radius 3 is 2.84 bits per heavy atom. The second-order valence-electron chi connectivity index (χ2n) is 4.42. The Bertz CT molecular complexity index is 421. The summed E-state index contributed by atoms with van der Waals surface area (Å²) in [6.45, 7) is 6.83. The van der Waals surface area contributed by atoms with E-state index in [1.54, 1.807) is 6.07 Å². The molecular weight excluding hydrogens is 244 g/mol. The molecule has 5 heteroatoms. The van der Waals surface area contributed by atoms with Crippen molar-refractivity contribution < 1.29 is 14.3 Å². The number of carbonyl (C=O) groups is 1. The molecule has 106 valence electrons. The normalized spacial score (nSPS) is 12.2. The van der Waals surface area contributed by atoms with Gasteiger partial charge in [-0.2, -0.15) is 0 Å². The standard InChI is InChI=1S/C14H22N2O3/c1-4-18-8-11(3)19-9-14(17)16-13-6-5-10(2)7-12(13)15/h5-7,11H,4,8-9,15H2,1-3H3,(H,16,17). The summed E-state index contributed by atoms with van der Waals surface area (Å²) in [7, 11) is 0. The van der Waals surface area contributed by atoms with Crippen LogP contribution in [0.15, 0.2) is 18.2 Å². The molecule has 0 aliphatic heterocycles. The molecule has 0 aromatic heterocycles. The van der Waals surface area contributed by atoms with Crippen molar-refractivity contribution in [2.24, 2.45) is 0 Å². The fourth-order valence-electron chi connectivity index (χ4n) is 1.53. The van der Waals surface area contributed by atoms with E-state index in [9.17, 15) is 4.79 Å². The molecule has 19 heavy (non-hydrogen) atoms. The van der Waals surface area contributed by atoms with Gasteiger partial charge in [0, 0.05) is 6.61 Å². The van der Waals surface area contributed by atoms with E-state index in [0.717, 1.165) is 5.56 Å². The number of hydrogen-bond donors (Lipinski definition) is 2. The quantitative estimate of drug-likeness (QED) is 0.740. The molecule has 0 spiro atoms. The SMILES string of the molecule is CCOCC(C)OCC(=O)Nc1ccc(C)cc1N. The van der Waals surface area contributed by atoms with Gasteiger partial charge in [0.15, 0.2) is 0 Å². The molecule has 0 radical (unpaired) electrons. The van der Waals surface area contributed by atoms with Crippen LogP contribution in [0, 0.1) is 6.92 Å². The monoisotopic (exact) mass is 266 g/mol. The van der Waals surface area contributed by atoms with E-state index in [0.29, 0.717) is 24.6 Å². The summed E-state index contributed by atoms with van der Waals surface area (Å²) in [6, 6.07) is 5.49. The van der Waals surface area contributed by atoms with Crippen LogP contribution in [0.3, 0.4) is 0 Å². The van der Waals surface area contributed by atoms with Crippen LogP contribution in [0.2, 0.25) is 0 Å². The minimum absolute atomic E-state index is 0.0123. The molecule has 1 aromatic carbocycles. The van der Waals surface area contributed by atoms with E-state index >= 15 is 0 Å². The van der Waals surface area contributed by atoms with Gasteiger partial charge in [-0.15, -0.1) is 0 Å². The molecule has 1 aromatic rings. The number of anilines is 2. The van der Waals surface area contributed by atoms with Crippen molar-refractivity contribution in [2.45, 2.75) is 26.9 Å². The molecule has 0 aliphatic rings. The van der Waals surface area contributed by atoms with Crippen LogP contribution in [-0.4, -0.2) is 31.8 Å². The van der Waals surface area contributed by atoms with Gasteiger partial charge in [0.1, 0.15) is 6.61 Å². The van der Waals surface area contributed by atoms with Crippen molar-refractivity contribution in [2.75, 3.05) is 30.9 Å². The van der Waals surface area contributed by atoms with Crippen molar-refractivity contribution in [3.05, 3.63) is 23.8 Å².